The lowest BCUT2D eigenvalue weighted by molar-refractivity contribution is -0.136. The quantitative estimate of drug-likeness (QED) is 0.0985. The van der Waals surface area contributed by atoms with E-state index in [0.29, 0.717) is 6.61 Å². The maximum absolute atomic E-state index is 13.4. The zero-order valence-corrected chi connectivity index (χ0v) is 15.5. The van der Waals surface area contributed by atoms with E-state index in [2.05, 4.69) is 10.1 Å². The van der Waals surface area contributed by atoms with Crippen LogP contribution in [0.25, 0.3) is 0 Å². The number of carbonyl (C=O) groups is 2. The molecular formula is C17H20F5NO6. The molecule has 164 valence electrons. The minimum absolute atomic E-state index is 0.0381. The largest absolute Gasteiger partial charge is 0.420 e. The van der Waals surface area contributed by atoms with E-state index in [0.717, 1.165) is 0 Å². The number of hydrogen-bond donors (Lipinski definition) is 1. The van der Waals surface area contributed by atoms with Gasteiger partial charge in [-0.2, -0.15) is 8.78 Å². The van der Waals surface area contributed by atoms with Crippen LogP contribution in [-0.2, 0) is 23.8 Å². The molecule has 0 spiro atoms. The zero-order valence-electron chi connectivity index (χ0n) is 15.5. The van der Waals surface area contributed by atoms with Crippen LogP contribution in [0.1, 0.15) is 19.8 Å². The summed E-state index contributed by atoms with van der Waals surface area (Å²) in [4.78, 5) is 22.8. The molecule has 0 atom stereocenters. The molecule has 1 amide bonds. The smallest absolute Gasteiger partial charge is 0.313 e. The molecule has 0 aliphatic rings. The Morgan fingerprint density at radius 2 is 1.28 bits per heavy atom. The van der Waals surface area contributed by atoms with E-state index < -0.39 is 47.2 Å². The molecule has 1 aromatic carbocycles. The maximum atomic E-state index is 13.4. The Morgan fingerprint density at radius 3 is 1.83 bits per heavy atom. The predicted octanol–water partition coefficient (Wildman–Crippen LogP) is 2.21. The number of hydrogen-bond acceptors (Lipinski definition) is 6. The SMILES string of the molecule is CCOCNC(=O)CCOCCOCCC(=O)Oc1c(F)c(F)c(F)c(F)c1F. The van der Waals surface area contributed by atoms with Crippen LogP contribution in [0.4, 0.5) is 22.0 Å². The highest BCUT2D eigenvalue weighted by Crippen LogP contribution is 2.29. The van der Waals surface area contributed by atoms with Crippen molar-refractivity contribution in [3.8, 4) is 5.75 Å². The van der Waals surface area contributed by atoms with Crippen molar-refractivity contribution >= 4 is 11.9 Å². The first kappa shape index (κ1) is 24.7. The molecule has 1 aromatic rings. The van der Waals surface area contributed by atoms with Crippen molar-refractivity contribution in [1.82, 2.24) is 5.32 Å². The molecule has 29 heavy (non-hydrogen) atoms. The van der Waals surface area contributed by atoms with Crippen LogP contribution in [0.3, 0.4) is 0 Å². The molecule has 0 aromatic heterocycles. The fourth-order valence-electron chi connectivity index (χ4n) is 1.80. The average Bonchev–Trinajstić information content (AvgIpc) is 2.70. The summed E-state index contributed by atoms with van der Waals surface area (Å²) in [5, 5.41) is 2.50. The summed E-state index contributed by atoms with van der Waals surface area (Å²) in [6, 6.07) is 0. The molecule has 0 saturated carbocycles. The van der Waals surface area contributed by atoms with Gasteiger partial charge in [0.2, 0.25) is 40.7 Å². The molecule has 12 heteroatoms. The Bertz CT molecular complexity index is 674. The van der Waals surface area contributed by atoms with Gasteiger partial charge < -0.3 is 24.3 Å². The molecule has 0 fully saturated rings. The number of esters is 1. The van der Waals surface area contributed by atoms with Crippen LogP contribution >= 0.6 is 0 Å². The number of benzene rings is 1. The third-order valence-corrected chi connectivity index (χ3v) is 3.26. The molecule has 1 rings (SSSR count). The Kier molecular flexibility index (Phi) is 11.1. The van der Waals surface area contributed by atoms with Crippen molar-refractivity contribution in [3.05, 3.63) is 29.1 Å². The third-order valence-electron chi connectivity index (χ3n) is 3.26. The Morgan fingerprint density at radius 1 is 0.759 bits per heavy atom. The van der Waals surface area contributed by atoms with E-state index >= 15 is 0 Å². The van der Waals surface area contributed by atoms with E-state index in [1.807, 2.05) is 0 Å². The van der Waals surface area contributed by atoms with Crippen molar-refractivity contribution < 1.29 is 50.5 Å². The van der Waals surface area contributed by atoms with E-state index in [9.17, 15) is 31.5 Å². The summed E-state index contributed by atoms with van der Waals surface area (Å²) in [6.07, 6.45) is -0.388. The first-order valence-corrected chi connectivity index (χ1v) is 8.51. The van der Waals surface area contributed by atoms with Crippen molar-refractivity contribution in [2.45, 2.75) is 19.8 Å². The lowest BCUT2D eigenvalue weighted by atomic mass is 10.2. The fourth-order valence-corrected chi connectivity index (χ4v) is 1.80. The van der Waals surface area contributed by atoms with Gasteiger partial charge in [-0.05, 0) is 6.92 Å². The second-order valence-electron chi connectivity index (χ2n) is 5.33. The van der Waals surface area contributed by atoms with Crippen molar-refractivity contribution in [1.29, 1.82) is 0 Å². The van der Waals surface area contributed by atoms with Crippen LogP contribution < -0.4 is 10.1 Å². The molecule has 0 saturated heterocycles. The molecule has 0 aliphatic carbocycles. The Labute approximate surface area is 163 Å². The van der Waals surface area contributed by atoms with Crippen molar-refractivity contribution in [2.75, 3.05) is 39.8 Å². The molecule has 0 heterocycles. The molecule has 0 bridgehead atoms. The van der Waals surface area contributed by atoms with Gasteiger partial charge in [0.15, 0.2) is 0 Å². The van der Waals surface area contributed by atoms with Gasteiger partial charge in [0.25, 0.3) is 0 Å². The van der Waals surface area contributed by atoms with E-state index in [1.165, 1.54) is 0 Å². The second-order valence-corrected chi connectivity index (χ2v) is 5.33. The van der Waals surface area contributed by atoms with Gasteiger partial charge in [-0.3, -0.25) is 9.59 Å². The molecule has 0 aliphatic heterocycles. The fraction of sp³-hybridized carbons (Fsp3) is 0.529. The number of halogens is 5. The van der Waals surface area contributed by atoms with Gasteiger partial charge in [-0.25, -0.2) is 13.2 Å². The molecule has 0 unspecified atom stereocenters. The highest BCUT2D eigenvalue weighted by atomic mass is 19.2. The number of rotatable bonds is 13. The molecule has 0 radical (unpaired) electrons. The first-order chi connectivity index (χ1) is 13.8. The average molecular weight is 429 g/mol. The number of carbonyl (C=O) groups excluding carboxylic acids is 2. The third kappa shape index (κ3) is 8.30. The number of nitrogens with one attached hydrogen (secondary N) is 1. The standard InChI is InChI=1S/C17H20F5NO6/c1-2-26-9-23-10(24)3-5-27-7-8-28-6-4-11(25)29-17-15(21)13(19)12(18)14(20)16(17)22/h2-9H2,1H3,(H,23,24). The summed E-state index contributed by atoms with van der Waals surface area (Å²) in [5.74, 6) is -14.4. The topological polar surface area (TPSA) is 83.1 Å². The van der Waals surface area contributed by atoms with Gasteiger partial charge in [0.1, 0.15) is 6.73 Å². The van der Waals surface area contributed by atoms with Crippen LogP contribution in [0.5, 0.6) is 5.75 Å². The van der Waals surface area contributed by atoms with Gasteiger partial charge >= 0.3 is 5.97 Å². The van der Waals surface area contributed by atoms with Gasteiger partial charge in [0.05, 0.1) is 39.3 Å². The Balaban J connectivity index is 2.21. The van der Waals surface area contributed by atoms with Crippen LogP contribution in [0.15, 0.2) is 0 Å². The summed E-state index contributed by atoms with van der Waals surface area (Å²) >= 11 is 0. The zero-order chi connectivity index (χ0) is 21.8. The highest BCUT2D eigenvalue weighted by molar-refractivity contribution is 5.75. The van der Waals surface area contributed by atoms with E-state index in [-0.39, 0.29) is 45.5 Å². The normalized spacial score (nSPS) is 10.8. The van der Waals surface area contributed by atoms with Gasteiger partial charge in [-0.15, -0.1) is 0 Å². The van der Waals surface area contributed by atoms with Gasteiger partial charge in [-0.1, -0.05) is 0 Å². The predicted molar refractivity (Wildman–Crippen MR) is 87.4 cm³/mol. The van der Waals surface area contributed by atoms with Crippen molar-refractivity contribution in [2.24, 2.45) is 0 Å². The lowest BCUT2D eigenvalue weighted by Crippen LogP contribution is -2.27. The maximum Gasteiger partial charge on any atom is 0.313 e. The summed E-state index contributed by atoms with van der Waals surface area (Å²) in [7, 11) is 0. The minimum Gasteiger partial charge on any atom is -0.420 e. The van der Waals surface area contributed by atoms with Gasteiger partial charge in [0, 0.05) is 6.61 Å². The first-order valence-electron chi connectivity index (χ1n) is 8.51. The molecular weight excluding hydrogens is 409 g/mol. The lowest BCUT2D eigenvalue weighted by Gasteiger charge is -2.09. The molecule has 7 nitrogen and oxygen atoms in total. The molecule has 1 N–H and O–H groups in total. The summed E-state index contributed by atoms with van der Waals surface area (Å²) < 4.78 is 85.0. The number of amides is 1. The van der Waals surface area contributed by atoms with Crippen molar-refractivity contribution in [3.63, 3.8) is 0 Å². The highest BCUT2D eigenvalue weighted by Gasteiger charge is 2.28. The number of ether oxygens (including phenoxy) is 4. The second kappa shape index (κ2) is 13.0. The minimum atomic E-state index is -2.35. The monoisotopic (exact) mass is 429 g/mol. The van der Waals surface area contributed by atoms with E-state index in [4.69, 9.17) is 14.2 Å². The van der Waals surface area contributed by atoms with Crippen LogP contribution in [0, 0.1) is 29.1 Å². The van der Waals surface area contributed by atoms with Crippen LogP contribution in [0.2, 0.25) is 0 Å². The summed E-state index contributed by atoms with van der Waals surface area (Å²) in [6.45, 7) is 2.40. The summed E-state index contributed by atoms with van der Waals surface area (Å²) in [5.41, 5.74) is 0. The van der Waals surface area contributed by atoms with Crippen LogP contribution in [-0.4, -0.2) is 51.6 Å². The Hall–Kier alpha value is -2.31. The van der Waals surface area contributed by atoms with E-state index in [1.54, 1.807) is 6.92 Å².